The summed E-state index contributed by atoms with van der Waals surface area (Å²) in [6, 6.07) is 8.93. The van der Waals surface area contributed by atoms with E-state index >= 15 is 0 Å². The lowest BCUT2D eigenvalue weighted by molar-refractivity contribution is 0.304. The summed E-state index contributed by atoms with van der Waals surface area (Å²) < 4.78 is 0. The lowest BCUT2D eigenvalue weighted by Gasteiger charge is -2.31. The second-order valence-corrected chi connectivity index (χ2v) is 5.15. The molecule has 2 N–H and O–H groups in total. The van der Waals surface area contributed by atoms with Gasteiger partial charge in [-0.25, -0.2) is 0 Å². The van der Waals surface area contributed by atoms with E-state index in [0.717, 1.165) is 6.42 Å². The monoisotopic (exact) mass is 233 g/mol. The third kappa shape index (κ3) is 3.74. The number of piperidine rings is 1. The molecule has 1 aliphatic heterocycles. The number of nitrogens with one attached hydrogen (secondary N) is 1. The van der Waals surface area contributed by atoms with Crippen LogP contribution >= 0.6 is 0 Å². The van der Waals surface area contributed by atoms with Crippen LogP contribution in [0.2, 0.25) is 0 Å². The van der Waals surface area contributed by atoms with Crippen LogP contribution in [0, 0.1) is 0 Å². The van der Waals surface area contributed by atoms with Gasteiger partial charge in [-0.2, -0.15) is 0 Å². The summed E-state index contributed by atoms with van der Waals surface area (Å²) in [6.45, 7) is 2.25. The molecule has 0 radical (unpaired) electrons. The van der Waals surface area contributed by atoms with Gasteiger partial charge in [0.2, 0.25) is 0 Å². The number of phenolic OH excluding ortho intramolecular Hbond substituents is 1. The molecule has 0 aromatic heterocycles. The molecular weight excluding hydrogens is 210 g/mol. The van der Waals surface area contributed by atoms with Gasteiger partial charge in [0.05, 0.1) is 0 Å². The quantitative estimate of drug-likeness (QED) is 0.836. The summed E-state index contributed by atoms with van der Waals surface area (Å²) in [5, 5.41) is 13.2. The molecule has 2 heteroatoms. The first-order chi connectivity index (χ1) is 8.28. The van der Waals surface area contributed by atoms with Gasteiger partial charge in [-0.15, -0.1) is 0 Å². The Morgan fingerprint density at radius 3 is 2.88 bits per heavy atom. The van der Waals surface area contributed by atoms with Crippen molar-refractivity contribution >= 4 is 0 Å². The Kier molecular flexibility index (Phi) is 4.43. The van der Waals surface area contributed by atoms with Crippen LogP contribution in [-0.4, -0.2) is 17.2 Å². The second kappa shape index (κ2) is 6.06. The van der Waals surface area contributed by atoms with Crippen LogP contribution in [0.15, 0.2) is 24.3 Å². The van der Waals surface area contributed by atoms with Gasteiger partial charge in [-0.3, -0.25) is 0 Å². The maximum atomic E-state index is 9.46. The van der Waals surface area contributed by atoms with Gasteiger partial charge in [-0.05, 0) is 43.4 Å². The van der Waals surface area contributed by atoms with Gasteiger partial charge in [0.25, 0.3) is 0 Å². The Labute approximate surface area is 104 Å². The molecule has 0 saturated carbocycles. The van der Waals surface area contributed by atoms with Crippen LogP contribution in [0.5, 0.6) is 5.75 Å². The zero-order valence-electron chi connectivity index (χ0n) is 10.7. The number of rotatable bonds is 4. The van der Waals surface area contributed by atoms with Gasteiger partial charge < -0.3 is 10.4 Å². The lowest BCUT2D eigenvalue weighted by atomic mass is 9.92. The van der Waals surface area contributed by atoms with Gasteiger partial charge in [-0.1, -0.05) is 31.9 Å². The fraction of sp³-hybridized carbons (Fsp3) is 0.600. The summed E-state index contributed by atoms with van der Waals surface area (Å²) in [6.07, 6.45) is 7.50. The maximum absolute atomic E-state index is 9.46. The SMILES string of the molecule is CCC[C@H]1CCC[C@H](Cc2cccc(O)c2)N1. The second-order valence-electron chi connectivity index (χ2n) is 5.15. The minimum absolute atomic E-state index is 0.378. The zero-order valence-corrected chi connectivity index (χ0v) is 10.7. The third-order valence-corrected chi connectivity index (χ3v) is 3.61. The zero-order chi connectivity index (χ0) is 12.1. The molecule has 1 fully saturated rings. The largest absolute Gasteiger partial charge is 0.508 e. The summed E-state index contributed by atoms with van der Waals surface area (Å²) in [5.41, 5.74) is 1.24. The van der Waals surface area contributed by atoms with E-state index in [0.29, 0.717) is 17.8 Å². The average molecular weight is 233 g/mol. The van der Waals surface area contributed by atoms with Gasteiger partial charge >= 0.3 is 0 Å². The predicted molar refractivity (Wildman–Crippen MR) is 71.3 cm³/mol. The van der Waals surface area contributed by atoms with E-state index in [1.807, 2.05) is 12.1 Å². The molecule has 2 atom stereocenters. The molecule has 0 amide bonds. The summed E-state index contributed by atoms with van der Waals surface area (Å²) in [4.78, 5) is 0. The number of hydrogen-bond donors (Lipinski definition) is 2. The fourth-order valence-electron chi connectivity index (χ4n) is 2.82. The molecule has 0 bridgehead atoms. The molecule has 1 aromatic rings. The normalized spacial score (nSPS) is 24.8. The Hall–Kier alpha value is -1.02. The van der Waals surface area contributed by atoms with Crippen LogP contribution in [0.4, 0.5) is 0 Å². The predicted octanol–water partition coefficient (Wildman–Crippen LogP) is 3.25. The summed E-state index contributed by atoms with van der Waals surface area (Å²) >= 11 is 0. The van der Waals surface area contributed by atoms with Gasteiger partial charge in [0.15, 0.2) is 0 Å². The van der Waals surface area contributed by atoms with Crippen molar-refractivity contribution in [1.82, 2.24) is 5.32 Å². The van der Waals surface area contributed by atoms with Crippen molar-refractivity contribution in [2.75, 3.05) is 0 Å². The van der Waals surface area contributed by atoms with E-state index in [1.165, 1.54) is 37.7 Å². The average Bonchev–Trinajstić information content (AvgIpc) is 2.30. The number of aromatic hydroxyl groups is 1. The molecule has 94 valence electrons. The highest BCUT2D eigenvalue weighted by Gasteiger charge is 2.20. The fourth-order valence-corrected chi connectivity index (χ4v) is 2.82. The lowest BCUT2D eigenvalue weighted by Crippen LogP contribution is -2.43. The molecule has 0 unspecified atom stereocenters. The summed E-state index contributed by atoms with van der Waals surface area (Å²) in [5.74, 6) is 0.378. The van der Waals surface area contributed by atoms with Crippen molar-refractivity contribution in [3.8, 4) is 5.75 Å². The highest BCUT2D eigenvalue weighted by molar-refractivity contribution is 5.27. The molecule has 2 nitrogen and oxygen atoms in total. The molecule has 1 heterocycles. The van der Waals surface area contributed by atoms with Gasteiger partial charge in [0, 0.05) is 12.1 Å². The van der Waals surface area contributed by atoms with Crippen molar-refractivity contribution < 1.29 is 5.11 Å². The van der Waals surface area contributed by atoms with Crippen molar-refractivity contribution in [3.05, 3.63) is 29.8 Å². The van der Waals surface area contributed by atoms with E-state index in [2.05, 4.69) is 18.3 Å². The molecule has 0 spiro atoms. The number of phenols is 1. The first-order valence-electron chi connectivity index (χ1n) is 6.82. The third-order valence-electron chi connectivity index (χ3n) is 3.61. The highest BCUT2D eigenvalue weighted by Crippen LogP contribution is 2.20. The van der Waals surface area contributed by atoms with Crippen molar-refractivity contribution in [2.24, 2.45) is 0 Å². The van der Waals surface area contributed by atoms with E-state index < -0.39 is 0 Å². The minimum atomic E-state index is 0.378. The number of benzene rings is 1. The molecule has 1 aromatic carbocycles. The Bertz CT molecular complexity index is 349. The Balaban J connectivity index is 1.90. The first kappa shape index (κ1) is 12.4. The molecular formula is C15H23NO. The van der Waals surface area contributed by atoms with Crippen LogP contribution < -0.4 is 5.32 Å². The van der Waals surface area contributed by atoms with E-state index in [1.54, 1.807) is 6.07 Å². The topological polar surface area (TPSA) is 32.3 Å². The molecule has 0 aliphatic carbocycles. The van der Waals surface area contributed by atoms with Crippen LogP contribution in [0.3, 0.4) is 0 Å². The van der Waals surface area contributed by atoms with Crippen molar-refractivity contribution in [1.29, 1.82) is 0 Å². The van der Waals surface area contributed by atoms with Crippen molar-refractivity contribution in [3.63, 3.8) is 0 Å². The molecule has 17 heavy (non-hydrogen) atoms. The van der Waals surface area contributed by atoms with Crippen LogP contribution in [-0.2, 0) is 6.42 Å². The van der Waals surface area contributed by atoms with E-state index in [-0.39, 0.29) is 0 Å². The standard InChI is InChI=1S/C15H23NO/c1-2-5-13-7-4-8-14(16-13)10-12-6-3-9-15(17)11-12/h3,6,9,11,13-14,16-17H,2,4-5,7-8,10H2,1H3/t13-,14+/m0/s1. The summed E-state index contributed by atoms with van der Waals surface area (Å²) in [7, 11) is 0. The van der Waals surface area contributed by atoms with E-state index in [4.69, 9.17) is 0 Å². The smallest absolute Gasteiger partial charge is 0.115 e. The van der Waals surface area contributed by atoms with E-state index in [9.17, 15) is 5.11 Å². The Morgan fingerprint density at radius 2 is 2.12 bits per heavy atom. The van der Waals surface area contributed by atoms with Gasteiger partial charge in [0.1, 0.15) is 5.75 Å². The minimum Gasteiger partial charge on any atom is -0.508 e. The first-order valence-corrected chi connectivity index (χ1v) is 6.82. The Morgan fingerprint density at radius 1 is 1.29 bits per heavy atom. The van der Waals surface area contributed by atoms with Crippen molar-refractivity contribution in [2.45, 2.75) is 57.5 Å². The highest BCUT2D eigenvalue weighted by atomic mass is 16.3. The maximum Gasteiger partial charge on any atom is 0.115 e. The molecule has 2 rings (SSSR count). The number of hydrogen-bond acceptors (Lipinski definition) is 2. The van der Waals surface area contributed by atoms with Crippen LogP contribution in [0.25, 0.3) is 0 Å². The molecule has 1 aliphatic rings. The molecule has 1 saturated heterocycles. The van der Waals surface area contributed by atoms with Crippen LogP contribution in [0.1, 0.15) is 44.6 Å².